The number of carbonyl (C=O) groups excluding carboxylic acids is 3. The second-order valence-corrected chi connectivity index (χ2v) is 7.71. The number of amides is 3. The van der Waals surface area contributed by atoms with Gasteiger partial charge in [0.15, 0.2) is 0 Å². The highest BCUT2D eigenvalue weighted by molar-refractivity contribution is 5.91. The predicted octanol–water partition coefficient (Wildman–Crippen LogP) is 1.13. The maximum Gasteiger partial charge on any atom is 0.239 e. The van der Waals surface area contributed by atoms with Crippen LogP contribution in [0.1, 0.15) is 12.0 Å². The van der Waals surface area contributed by atoms with Crippen LogP contribution in [0.15, 0.2) is 54.6 Å². The van der Waals surface area contributed by atoms with Crippen LogP contribution in [0.4, 0.5) is 0 Å². The molecule has 0 bridgehead atoms. The molecule has 2 heterocycles. The van der Waals surface area contributed by atoms with Crippen LogP contribution in [0.5, 0.6) is 11.5 Å². The molecular formula is C23H26N4O4. The summed E-state index contributed by atoms with van der Waals surface area (Å²) < 4.78 is 5.91. The van der Waals surface area contributed by atoms with E-state index in [0.717, 1.165) is 17.1 Å². The molecule has 2 aromatic rings. The summed E-state index contributed by atoms with van der Waals surface area (Å²) in [5.41, 5.74) is 0.998. The third kappa shape index (κ3) is 5.40. The number of hydrogen-bond donors (Lipinski definition) is 2. The molecule has 31 heavy (non-hydrogen) atoms. The first kappa shape index (κ1) is 20.9. The molecule has 0 unspecified atom stereocenters. The molecule has 1 atom stereocenters. The Hall–Kier alpha value is -3.39. The van der Waals surface area contributed by atoms with E-state index in [1.807, 2.05) is 59.5 Å². The van der Waals surface area contributed by atoms with Crippen molar-refractivity contribution < 1.29 is 19.1 Å². The standard InChI is InChI=1S/C23H26N4O4/c28-21-16-27(12-9-24-21)22(29)14-20-23(30)25-10-11-26(20)15-17-5-4-8-19(13-17)31-18-6-2-1-3-7-18/h1-8,13,20H,9-12,14-16H2,(H,24,28)(H,25,30)/t20-/m0/s1. The maximum atomic E-state index is 12.7. The second kappa shape index (κ2) is 9.61. The number of benzene rings is 2. The van der Waals surface area contributed by atoms with E-state index >= 15 is 0 Å². The van der Waals surface area contributed by atoms with Gasteiger partial charge in [0.05, 0.1) is 19.0 Å². The van der Waals surface area contributed by atoms with E-state index < -0.39 is 6.04 Å². The van der Waals surface area contributed by atoms with Crippen LogP contribution in [0.2, 0.25) is 0 Å². The number of rotatable bonds is 6. The lowest BCUT2D eigenvalue weighted by molar-refractivity contribution is -0.142. The van der Waals surface area contributed by atoms with Gasteiger partial charge in [0.1, 0.15) is 11.5 Å². The summed E-state index contributed by atoms with van der Waals surface area (Å²) in [5, 5.41) is 5.56. The average Bonchev–Trinajstić information content (AvgIpc) is 2.77. The van der Waals surface area contributed by atoms with Crippen LogP contribution in [-0.2, 0) is 20.9 Å². The van der Waals surface area contributed by atoms with Crippen molar-refractivity contribution in [2.75, 3.05) is 32.7 Å². The van der Waals surface area contributed by atoms with Gasteiger partial charge in [0, 0.05) is 32.7 Å². The molecule has 2 N–H and O–H groups in total. The van der Waals surface area contributed by atoms with Gasteiger partial charge in [-0.3, -0.25) is 19.3 Å². The Kier molecular flexibility index (Phi) is 6.47. The molecule has 8 heteroatoms. The van der Waals surface area contributed by atoms with Crippen LogP contribution < -0.4 is 15.4 Å². The highest BCUT2D eigenvalue weighted by atomic mass is 16.5. The zero-order chi connectivity index (χ0) is 21.6. The van der Waals surface area contributed by atoms with Gasteiger partial charge in [-0.05, 0) is 29.8 Å². The van der Waals surface area contributed by atoms with E-state index in [-0.39, 0.29) is 30.7 Å². The first-order valence-corrected chi connectivity index (χ1v) is 10.5. The Balaban J connectivity index is 1.43. The van der Waals surface area contributed by atoms with Gasteiger partial charge in [-0.2, -0.15) is 0 Å². The van der Waals surface area contributed by atoms with Crippen LogP contribution in [-0.4, -0.2) is 66.3 Å². The minimum absolute atomic E-state index is 0.0477. The summed E-state index contributed by atoms with van der Waals surface area (Å²) in [5.74, 6) is 0.976. The third-order valence-corrected chi connectivity index (χ3v) is 5.46. The summed E-state index contributed by atoms with van der Waals surface area (Å²) in [4.78, 5) is 40.4. The average molecular weight is 422 g/mol. The smallest absolute Gasteiger partial charge is 0.239 e. The number of piperazine rings is 2. The number of nitrogens with one attached hydrogen (secondary N) is 2. The van der Waals surface area contributed by atoms with Gasteiger partial charge in [-0.15, -0.1) is 0 Å². The SMILES string of the molecule is O=C1CN(C(=O)C[C@H]2C(=O)NCCN2Cc2cccc(Oc3ccccc3)c2)CCN1. The van der Waals surface area contributed by atoms with Crippen LogP contribution >= 0.6 is 0 Å². The molecule has 2 aliphatic heterocycles. The molecule has 2 aliphatic rings. The summed E-state index contributed by atoms with van der Waals surface area (Å²) in [7, 11) is 0. The lowest BCUT2D eigenvalue weighted by atomic mass is 10.1. The normalized spacial score (nSPS) is 19.5. The van der Waals surface area contributed by atoms with Crippen molar-refractivity contribution in [2.24, 2.45) is 0 Å². The van der Waals surface area contributed by atoms with E-state index in [2.05, 4.69) is 10.6 Å². The van der Waals surface area contributed by atoms with Gasteiger partial charge in [-0.25, -0.2) is 0 Å². The van der Waals surface area contributed by atoms with Gasteiger partial charge in [0.25, 0.3) is 0 Å². The van der Waals surface area contributed by atoms with Gasteiger partial charge >= 0.3 is 0 Å². The van der Waals surface area contributed by atoms with Crippen molar-refractivity contribution in [3.8, 4) is 11.5 Å². The first-order valence-electron chi connectivity index (χ1n) is 10.5. The summed E-state index contributed by atoms with van der Waals surface area (Å²) in [6, 6.07) is 16.7. The molecule has 0 radical (unpaired) electrons. The first-order chi connectivity index (χ1) is 15.1. The van der Waals surface area contributed by atoms with Crippen LogP contribution in [0.3, 0.4) is 0 Å². The predicted molar refractivity (Wildman–Crippen MR) is 114 cm³/mol. The monoisotopic (exact) mass is 422 g/mol. The van der Waals surface area contributed by atoms with Crippen molar-refractivity contribution >= 4 is 17.7 Å². The van der Waals surface area contributed by atoms with Crippen molar-refractivity contribution in [3.63, 3.8) is 0 Å². The van der Waals surface area contributed by atoms with Gasteiger partial charge in [0.2, 0.25) is 17.7 Å². The van der Waals surface area contributed by atoms with E-state index in [0.29, 0.717) is 32.7 Å². The van der Waals surface area contributed by atoms with Crippen molar-refractivity contribution in [1.82, 2.24) is 20.4 Å². The number of hydrogen-bond acceptors (Lipinski definition) is 5. The van der Waals surface area contributed by atoms with Gasteiger partial charge < -0.3 is 20.3 Å². The van der Waals surface area contributed by atoms with Crippen molar-refractivity contribution in [1.29, 1.82) is 0 Å². The largest absolute Gasteiger partial charge is 0.457 e. The zero-order valence-corrected chi connectivity index (χ0v) is 17.3. The Labute approximate surface area is 181 Å². The molecule has 162 valence electrons. The highest BCUT2D eigenvalue weighted by Crippen LogP contribution is 2.23. The summed E-state index contributed by atoms with van der Waals surface area (Å²) in [6.07, 6.45) is 0.0549. The number of para-hydroxylation sites is 1. The van der Waals surface area contributed by atoms with Crippen LogP contribution in [0.25, 0.3) is 0 Å². The number of nitrogens with zero attached hydrogens (tertiary/aromatic N) is 2. The van der Waals surface area contributed by atoms with E-state index in [1.165, 1.54) is 4.90 Å². The maximum absolute atomic E-state index is 12.7. The van der Waals surface area contributed by atoms with E-state index in [4.69, 9.17) is 4.74 Å². The fourth-order valence-electron chi connectivity index (χ4n) is 3.89. The quantitative estimate of drug-likeness (QED) is 0.728. The topological polar surface area (TPSA) is 91.0 Å². The van der Waals surface area contributed by atoms with E-state index in [1.54, 1.807) is 0 Å². The molecule has 0 spiro atoms. The van der Waals surface area contributed by atoms with Gasteiger partial charge in [-0.1, -0.05) is 30.3 Å². The van der Waals surface area contributed by atoms with Crippen molar-refractivity contribution in [3.05, 3.63) is 60.2 Å². The molecule has 4 rings (SSSR count). The Bertz CT molecular complexity index is 950. The molecule has 8 nitrogen and oxygen atoms in total. The van der Waals surface area contributed by atoms with Crippen molar-refractivity contribution in [2.45, 2.75) is 19.0 Å². The minimum atomic E-state index is -0.565. The second-order valence-electron chi connectivity index (χ2n) is 7.71. The minimum Gasteiger partial charge on any atom is -0.457 e. The molecular weight excluding hydrogens is 396 g/mol. The molecule has 0 saturated carbocycles. The lowest BCUT2D eigenvalue weighted by Gasteiger charge is -2.36. The number of carbonyl (C=O) groups is 3. The zero-order valence-electron chi connectivity index (χ0n) is 17.3. The fraction of sp³-hybridized carbons (Fsp3) is 0.348. The molecule has 0 aliphatic carbocycles. The number of ether oxygens (including phenoxy) is 1. The Morgan fingerprint density at radius 3 is 2.55 bits per heavy atom. The van der Waals surface area contributed by atoms with Crippen LogP contribution in [0, 0.1) is 0 Å². The fourth-order valence-corrected chi connectivity index (χ4v) is 3.89. The molecule has 2 fully saturated rings. The van der Waals surface area contributed by atoms with E-state index in [9.17, 15) is 14.4 Å². The Morgan fingerprint density at radius 1 is 0.968 bits per heavy atom. The third-order valence-electron chi connectivity index (χ3n) is 5.46. The molecule has 2 saturated heterocycles. The molecule has 2 aromatic carbocycles. The highest BCUT2D eigenvalue weighted by Gasteiger charge is 2.33. The molecule has 0 aromatic heterocycles. The Morgan fingerprint density at radius 2 is 1.74 bits per heavy atom. The summed E-state index contributed by atoms with van der Waals surface area (Å²) >= 11 is 0. The lowest BCUT2D eigenvalue weighted by Crippen LogP contribution is -2.57. The molecule has 3 amide bonds. The summed E-state index contributed by atoms with van der Waals surface area (Å²) in [6.45, 7) is 2.67.